The first-order valence-corrected chi connectivity index (χ1v) is 6.50. The number of nitrogens with zero attached hydrogens (tertiary/aromatic N) is 1. The normalized spacial score (nSPS) is 22.3. The van der Waals surface area contributed by atoms with Gasteiger partial charge in [0.25, 0.3) is 0 Å². The summed E-state index contributed by atoms with van der Waals surface area (Å²) in [6, 6.07) is 0.243. The highest BCUT2D eigenvalue weighted by Gasteiger charge is 2.27. The number of carbonyl (C=O) groups is 2. The van der Waals surface area contributed by atoms with Gasteiger partial charge >= 0.3 is 6.09 Å². The minimum atomic E-state index is -0.683. The highest BCUT2D eigenvalue weighted by atomic mass is 16.5. The van der Waals surface area contributed by atoms with Crippen molar-refractivity contribution in [2.45, 2.75) is 45.2 Å². The lowest BCUT2D eigenvalue weighted by atomic mass is 9.97. The van der Waals surface area contributed by atoms with E-state index >= 15 is 0 Å². The zero-order valence-corrected chi connectivity index (χ0v) is 11.1. The molecule has 0 aliphatic carbocycles. The van der Waals surface area contributed by atoms with Crippen LogP contribution in [0.3, 0.4) is 0 Å². The fourth-order valence-electron chi connectivity index (χ4n) is 2.31. The van der Waals surface area contributed by atoms with E-state index < -0.39 is 6.09 Å². The number of rotatable bonds is 4. The molecule has 6 heteroatoms. The third kappa shape index (κ3) is 4.62. The third-order valence-corrected chi connectivity index (χ3v) is 3.13. The first-order valence-electron chi connectivity index (χ1n) is 6.50. The van der Waals surface area contributed by atoms with Gasteiger partial charge in [-0.25, -0.2) is 4.79 Å². The average molecular weight is 257 g/mol. The molecule has 2 amide bonds. The second-order valence-electron chi connectivity index (χ2n) is 4.66. The summed E-state index contributed by atoms with van der Waals surface area (Å²) in [6.07, 6.45) is 2.53. The summed E-state index contributed by atoms with van der Waals surface area (Å²) in [5, 5.41) is 2.21. The summed E-state index contributed by atoms with van der Waals surface area (Å²) in [6.45, 7) is 4.95. The molecule has 2 unspecified atom stereocenters. The minimum absolute atomic E-state index is 0.0284. The van der Waals surface area contributed by atoms with Crippen molar-refractivity contribution in [2.75, 3.05) is 19.7 Å². The molecule has 0 radical (unpaired) electrons. The molecule has 104 valence electrons. The van der Waals surface area contributed by atoms with Crippen LogP contribution < -0.4 is 11.1 Å². The molecular weight excluding hydrogens is 234 g/mol. The van der Waals surface area contributed by atoms with Crippen LogP contribution in [0.15, 0.2) is 0 Å². The lowest BCUT2D eigenvalue weighted by Gasteiger charge is -2.37. The summed E-state index contributed by atoms with van der Waals surface area (Å²) < 4.78 is 4.66. The Bertz CT molecular complexity index is 294. The summed E-state index contributed by atoms with van der Waals surface area (Å²) in [4.78, 5) is 24.8. The van der Waals surface area contributed by atoms with Gasteiger partial charge in [0.05, 0.1) is 13.2 Å². The number of alkyl carbamates (subject to hydrolysis) is 1. The number of piperidine rings is 1. The Morgan fingerprint density at radius 2 is 2.22 bits per heavy atom. The van der Waals surface area contributed by atoms with Gasteiger partial charge in [-0.2, -0.15) is 0 Å². The summed E-state index contributed by atoms with van der Waals surface area (Å²) in [7, 11) is 0. The number of likely N-dealkylation sites (tertiary alicyclic amines) is 1. The molecule has 0 aromatic heterocycles. The van der Waals surface area contributed by atoms with Crippen LogP contribution in [0.25, 0.3) is 0 Å². The topological polar surface area (TPSA) is 84.7 Å². The molecule has 1 fully saturated rings. The summed E-state index contributed by atoms with van der Waals surface area (Å²) >= 11 is 0. The fourth-order valence-corrected chi connectivity index (χ4v) is 2.31. The van der Waals surface area contributed by atoms with Crippen LogP contribution in [0, 0.1) is 0 Å². The van der Waals surface area contributed by atoms with Gasteiger partial charge in [0.2, 0.25) is 5.91 Å². The molecule has 18 heavy (non-hydrogen) atoms. The van der Waals surface area contributed by atoms with E-state index in [-0.39, 0.29) is 31.1 Å². The second-order valence-corrected chi connectivity index (χ2v) is 4.66. The molecule has 0 aromatic carbocycles. The Morgan fingerprint density at radius 3 is 2.83 bits per heavy atom. The number of nitrogens with two attached hydrogens (primary N) is 1. The highest BCUT2D eigenvalue weighted by Crippen LogP contribution is 2.18. The van der Waals surface area contributed by atoms with Crippen molar-refractivity contribution in [1.29, 1.82) is 0 Å². The van der Waals surface area contributed by atoms with Gasteiger partial charge in [0.1, 0.15) is 0 Å². The van der Waals surface area contributed by atoms with Crippen LogP contribution in [0.4, 0.5) is 4.79 Å². The number of hydrogen-bond acceptors (Lipinski definition) is 5. The van der Waals surface area contributed by atoms with Gasteiger partial charge in [-0.05, 0) is 33.2 Å². The monoisotopic (exact) mass is 257 g/mol. The van der Waals surface area contributed by atoms with E-state index in [0.717, 1.165) is 25.8 Å². The van der Waals surface area contributed by atoms with Gasteiger partial charge < -0.3 is 10.5 Å². The Balaban J connectivity index is 2.43. The van der Waals surface area contributed by atoms with Crippen molar-refractivity contribution in [3.63, 3.8) is 0 Å². The van der Waals surface area contributed by atoms with E-state index in [2.05, 4.69) is 10.1 Å². The maximum Gasteiger partial charge on any atom is 0.413 e. The van der Waals surface area contributed by atoms with Crippen LogP contribution in [0.1, 0.15) is 33.1 Å². The van der Waals surface area contributed by atoms with E-state index in [1.165, 1.54) is 0 Å². The predicted octanol–water partition coefficient (Wildman–Crippen LogP) is 0.461. The van der Waals surface area contributed by atoms with Crippen molar-refractivity contribution in [2.24, 2.45) is 5.73 Å². The SMILES string of the molecule is CCOC(=O)NC(=O)CN1CCCCC1C(C)N. The van der Waals surface area contributed by atoms with E-state index in [9.17, 15) is 9.59 Å². The van der Waals surface area contributed by atoms with Gasteiger partial charge in [-0.3, -0.25) is 15.0 Å². The molecule has 1 aliphatic heterocycles. The Morgan fingerprint density at radius 1 is 1.50 bits per heavy atom. The molecule has 0 spiro atoms. The lowest BCUT2D eigenvalue weighted by molar-refractivity contribution is -0.122. The minimum Gasteiger partial charge on any atom is -0.450 e. The standard InChI is InChI=1S/C12H23N3O3/c1-3-18-12(17)14-11(16)8-15-7-5-4-6-10(15)9(2)13/h9-10H,3-8,13H2,1-2H3,(H,14,16,17). The second kappa shape index (κ2) is 7.33. The molecule has 1 heterocycles. The smallest absolute Gasteiger partial charge is 0.413 e. The van der Waals surface area contributed by atoms with Crippen molar-refractivity contribution < 1.29 is 14.3 Å². The number of hydrogen-bond donors (Lipinski definition) is 2. The van der Waals surface area contributed by atoms with Gasteiger partial charge in [0.15, 0.2) is 0 Å². The largest absolute Gasteiger partial charge is 0.450 e. The molecule has 6 nitrogen and oxygen atoms in total. The molecule has 1 aliphatic rings. The van der Waals surface area contributed by atoms with Crippen molar-refractivity contribution in [3.05, 3.63) is 0 Å². The van der Waals surface area contributed by atoms with Crippen LogP contribution in [0.2, 0.25) is 0 Å². The molecule has 3 N–H and O–H groups in total. The molecule has 0 aromatic rings. The molecule has 1 saturated heterocycles. The van der Waals surface area contributed by atoms with Crippen LogP contribution in [0.5, 0.6) is 0 Å². The number of nitrogens with one attached hydrogen (secondary N) is 1. The van der Waals surface area contributed by atoms with Crippen LogP contribution in [-0.2, 0) is 9.53 Å². The molecular formula is C12H23N3O3. The Hall–Kier alpha value is -1.14. The van der Waals surface area contributed by atoms with Crippen LogP contribution in [-0.4, -0.2) is 48.7 Å². The first kappa shape index (κ1) is 14.9. The first-order chi connectivity index (χ1) is 8.54. The molecule has 1 rings (SSSR count). The Labute approximate surface area is 108 Å². The maximum atomic E-state index is 11.7. The Kier molecular flexibility index (Phi) is 6.07. The third-order valence-electron chi connectivity index (χ3n) is 3.13. The summed E-state index contributed by atoms with van der Waals surface area (Å²) in [5.74, 6) is -0.332. The van der Waals surface area contributed by atoms with E-state index in [1.807, 2.05) is 11.8 Å². The number of ether oxygens (including phenoxy) is 1. The maximum absolute atomic E-state index is 11.7. The number of carbonyl (C=O) groups excluding carboxylic acids is 2. The molecule has 0 saturated carbocycles. The lowest BCUT2D eigenvalue weighted by Crippen LogP contribution is -2.52. The quantitative estimate of drug-likeness (QED) is 0.764. The van der Waals surface area contributed by atoms with Crippen LogP contribution >= 0.6 is 0 Å². The average Bonchev–Trinajstić information content (AvgIpc) is 2.29. The molecule has 2 atom stereocenters. The van der Waals surface area contributed by atoms with Crippen molar-refractivity contribution in [3.8, 4) is 0 Å². The van der Waals surface area contributed by atoms with Crippen molar-refractivity contribution >= 4 is 12.0 Å². The van der Waals surface area contributed by atoms with Gasteiger partial charge in [0, 0.05) is 12.1 Å². The van der Waals surface area contributed by atoms with Gasteiger partial charge in [-0.1, -0.05) is 6.42 Å². The van der Waals surface area contributed by atoms with E-state index in [4.69, 9.17) is 5.73 Å². The fraction of sp³-hybridized carbons (Fsp3) is 0.833. The molecule has 0 bridgehead atoms. The van der Waals surface area contributed by atoms with Crippen molar-refractivity contribution in [1.82, 2.24) is 10.2 Å². The van der Waals surface area contributed by atoms with E-state index in [1.54, 1.807) is 6.92 Å². The van der Waals surface area contributed by atoms with Gasteiger partial charge in [-0.15, -0.1) is 0 Å². The zero-order chi connectivity index (χ0) is 13.5. The zero-order valence-electron chi connectivity index (χ0n) is 11.1. The predicted molar refractivity (Wildman–Crippen MR) is 68.0 cm³/mol. The highest BCUT2D eigenvalue weighted by molar-refractivity contribution is 5.92. The summed E-state index contributed by atoms with van der Waals surface area (Å²) in [5.41, 5.74) is 5.92. The van der Waals surface area contributed by atoms with E-state index in [0.29, 0.717) is 0 Å². The number of imide groups is 1. The number of amides is 2.